The van der Waals surface area contributed by atoms with Crippen molar-refractivity contribution in [3.63, 3.8) is 0 Å². The third-order valence-electron chi connectivity index (χ3n) is 1.52. The second-order valence-electron chi connectivity index (χ2n) is 2.35. The van der Waals surface area contributed by atoms with Crippen molar-refractivity contribution in [1.82, 2.24) is 20.1 Å². The molecule has 1 rings (SSSR count). The van der Waals surface area contributed by atoms with E-state index in [0.717, 1.165) is 0 Å². The number of H-pyrrole nitrogens is 2. The number of rotatable bonds is 2. The third kappa shape index (κ3) is 1.52. The number of aromatic amines is 2. The van der Waals surface area contributed by atoms with Gasteiger partial charge < -0.3 is 4.90 Å². The molecule has 0 aromatic carbocycles. The predicted octanol–water partition coefficient (Wildman–Crippen LogP) is -0.810. The van der Waals surface area contributed by atoms with Crippen LogP contribution in [-0.2, 0) is 0 Å². The number of nitrogens with one attached hydrogen (secondary N) is 2. The summed E-state index contributed by atoms with van der Waals surface area (Å²) in [6.45, 7) is 2.41. The van der Waals surface area contributed by atoms with E-state index in [4.69, 9.17) is 0 Å². The monoisotopic (exact) mass is 170 g/mol. The zero-order chi connectivity index (χ0) is 9.14. The first-order valence-corrected chi connectivity index (χ1v) is 3.55. The lowest BCUT2D eigenvalue weighted by molar-refractivity contribution is 0.0791. The van der Waals surface area contributed by atoms with Crippen molar-refractivity contribution in [3.8, 4) is 0 Å². The van der Waals surface area contributed by atoms with Crippen molar-refractivity contribution in [2.24, 2.45) is 0 Å². The predicted molar refractivity (Wildman–Crippen MR) is 41.8 cm³/mol. The highest BCUT2D eigenvalue weighted by molar-refractivity contribution is 5.89. The Hall–Kier alpha value is -1.59. The first kappa shape index (κ1) is 8.51. The second kappa shape index (κ2) is 3.21. The van der Waals surface area contributed by atoms with Crippen LogP contribution in [0.25, 0.3) is 0 Å². The second-order valence-corrected chi connectivity index (χ2v) is 2.35. The minimum atomic E-state index is -0.470. The fourth-order valence-electron chi connectivity index (χ4n) is 0.696. The Balaban J connectivity index is 2.85. The topological polar surface area (TPSA) is 81.8 Å². The normalized spacial score (nSPS) is 9.83. The summed E-state index contributed by atoms with van der Waals surface area (Å²) in [6, 6.07) is 0. The van der Waals surface area contributed by atoms with Gasteiger partial charge in [-0.1, -0.05) is 0 Å². The molecule has 0 radical (unpaired) electrons. The Morgan fingerprint density at radius 1 is 1.67 bits per heavy atom. The van der Waals surface area contributed by atoms with Gasteiger partial charge in [0.1, 0.15) is 0 Å². The zero-order valence-electron chi connectivity index (χ0n) is 6.92. The van der Waals surface area contributed by atoms with Gasteiger partial charge >= 0.3 is 5.69 Å². The van der Waals surface area contributed by atoms with Crippen LogP contribution in [0.4, 0.5) is 0 Å². The van der Waals surface area contributed by atoms with Crippen LogP contribution in [0.3, 0.4) is 0 Å². The Morgan fingerprint density at radius 3 is 2.75 bits per heavy atom. The molecule has 0 aliphatic carbocycles. The van der Waals surface area contributed by atoms with Gasteiger partial charge in [0, 0.05) is 13.6 Å². The summed E-state index contributed by atoms with van der Waals surface area (Å²) >= 11 is 0. The third-order valence-corrected chi connectivity index (χ3v) is 1.52. The standard InChI is InChI=1S/C6H10N4O2/c1-3-10(2)5(11)4-7-6(12)9-8-4/h3H2,1-2H3,(H2,7,8,9,12). The van der Waals surface area contributed by atoms with Gasteiger partial charge in [0.2, 0.25) is 5.82 Å². The van der Waals surface area contributed by atoms with E-state index < -0.39 is 5.69 Å². The molecular formula is C6H10N4O2. The van der Waals surface area contributed by atoms with Crippen molar-refractivity contribution in [3.05, 3.63) is 16.3 Å². The Kier molecular flexibility index (Phi) is 2.27. The van der Waals surface area contributed by atoms with Crippen molar-refractivity contribution in [1.29, 1.82) is 0 Å². The molecule has 1 heterocycles. The Bertz CT molecular complexity index is 326. The molecule has 0 aliphatic rings. The molecule has 1 aromatic heterocycles. The van der Waals surface area contributed by atoms with Gasteiger partial charge in [0.05, 0.1) is 0 Å². The van der Waals surface area contributed by atoms with Crippen molar-refractivity contribution >= 4 is 5.91 Å². The molecule has 6 nitrogen and oxygen atoms in total. The molecule has 1 amide bonds. The van der Waals surface area contributed by atoms with Crippen molar-refractivity contribution in [2.45, 2.75) is 6.92 Å². The van der Waals surface area contributed by atoms with Gasteiger partial charge in [-0.05, 0) is 6.92 Å². The molecular weight excluding hydrogens is 160 g/mol. The van der Waals surface area contributed by atoms with E-state index >= 15 is 0 Å². The number of nitrogens with zero attached hydrogens (tertiary/aromatic N) is 2. The van der Waals surface area contributed by atoms with Crippen LogP contribution < -0.4 is 5.69 Å². The van der Waals surface area contributed by atoms with Crippen LogP contribution in [0.2, 0.25) is 0 Å². The maximum atomic E-state index is 11.3. The number of carbonyl (C=O) groups is 1. The first-order valence-electron chi connectivity index (χ1n) is 3.55. The maximum absolute atomic E-state index is 11.3. The quantitative estimate of drug-likeness (QED) is 0.609. The van der Waals surface area contributed by atoms with Crippen molar-refractivity contribution < 1.29 is 4.79 Å². The lowest BCUT2D eigenvalue weighted by Gasteiger charge is -2.10. The molecule has 0 aliphatic heterocycles. The highest BCUT2D eigenvalue weighted by Crippen LogP contribution is 1.91. The molecule has 0 spiro atoms. The van der Waals surface area contributed by atoms with E-state index in [1.165, 1.54) is 4.90 Å². The molecule has 0 unspecified atom stereocenters. The fraction of sp³-hybridized carbons (Fsp3) is 0.500. The molecule has 12 heavy (non-hydrogen) atoms. The minimum Gasteiger partial charge on any atom is -0.339 e. The number of hydrogen-bond acceptors (Lipinski definition) is 3. The molecule has 0 bridgehead atoms. The Morgan fingerprint density at radius 2 is 2.33 bits per heavy atom. The van der Waals surface area contributed by atoms with E-state index in [1.807, 2.05) is 6.92 Å². The van der Waals surface area contributed by atoms with Gasteiger partial charge in [-0.2, -0.15) is 0 Å². The van der Waals surface area contributed by atoms with Crippen LogP contribution in [0.5, 0.6) is 0 Å². The van der Waals surface area contributed by atoms with Crippen LogP contribution >= 0.6 is 0 Å². The number of carbonyl (C=O) groups excluding carboxylic acids is 1. The van der Waals surface area contributed by atoms with Crippen LogP contribution in [-0.4, -0.2) is 39.6 Å². The SMILES string of the molecule is CCN(C)C(=O)c1n[nH]c(=O)[nH]1. The molecule has 0 saturated carbocycles. The molecule has 2 N–H and O–H groups in total. The summed E-state index contributed by atoms with van der Waals surface area (Å²) in [5.74, 6) is -0.250. The lowest BCUT2D eigenvalue weighted by atomic mass is 10.5. The molecule has 6 heteroatoms. The molecule has 66 valence electrons. The van der Waals surface area contributed by atoms with E-state index in [0.29, 0.717) is 6.54 Å². The van der Waals surface area contributed by atoms with Gasteiger partial charge in [0.15, 0.2) is 0 Å². The average Bonchev–Trinajstić information content (AvgIpc) is 2.49. The maximum Gasteiger partial charge on any atom is 0.341 e. The summed E-state index contributed by atoms with van der Waals surface area (Å²) in [5.41, 5.74) is -0.470. The summed E-state index contributed by atoms with van der Waals surface area (Å²) in [7, 11) is 1.63. The smallest absolute Gasteiger partial charge is 0.339 e. The summed E-state index contributed by atoms with van der Waals surface area (Å²) in [4.78, 5) is 25.6. The minimum absolute atomic E-state index is 0.0457. The van der Waals surface area contributed by atoms with Crippen molar-refractivity contribution in [2.75, 3.05) is 13.6 Å². The van der Waals surface area contributed by atoms with Crippen LogP contribution in [0, 0.1) is 0 Å². The van der Waals surface area contributed by atoms with Gasteiger partial charge in [-0.3, -0.25) is 9.78 Å². The highest BCUT2D eigenvalue weighted by Gasteiger charge is 2.12. The summed E-state index contributed by atoms with van der Waals surface area (Å²) < 4.78 is 0. The zero-order valence-corrected chi connectivity index (χ0v) is 6.92. The number of hydrogen-bond donors (Lipinski definition) is 2. The molecule has 0 atom stereocenters. The lowest BCUT2D eigenvalue weighted by Crippen LogP contribution is -2.27. The Labute approximate surface area is 68.6 Å². The molecule has 1 aromatic rings. The van der Waals surface area contributed by atoms with Crippen LogP contribution in [0.15, 0.2) is 4.79 Å². The van der Waals surface area contributed by atoms with E-state index in [2.05, 4.69) is 15.2 Å². The van der Waals surface area contributed by atoms with Gasteiger partial charge in [0.25, 0.3) is 5.91 Å². The van der Waals surface area contributed by atoms with E-state index in [9.17, 15) is 9.59 Å². The fourth-order valence-corrected chi connectivity index (χ4v) is 0.696. The van der Waals surface area contributed by atoms with E-state index in [1.54, 1.807) is 7.05 Å². The van der Waals surface area contributed by atoms with E-state index in [-0.39, 0.29) is 11.7 Å². The molecule has 0 saturated heterocycles. The molecule has 0 fully saturated rings. The average molecular weight is 170 g/mol. The summed E-state index contributed by atoms with van der Waals surface area (Å²) in [5, 5.41) is 5.62. The number of amides is 1. The number of aromatic nitrogens is 3. The van der Waals surface area contributed by atoms with Crippen LogP contribution in [0.1, 0.15) is 17.5 Å². The largest absolute Gasteiger partial charge is 0.341 e. The van der Waals surface area contributed by atoms with Gasteiger partial charge in [-0.25, -0.2) is 9.89 Å². The summed E-state index contributed by atoms with van der Waals surface area (Å²) in [6.07, 6.45) is 0. The first-order chi connectivity index (χ1) is 5.65. The van der Waals surface area contributed by atoms with Gasteiger partial charge in [-0.15, -0.1) is 5.10 Å². The highest BCUT2D eigenvalue weighted by atomic mass is 16.2.